The molecule has 24 heavy (non-hydrogen) atoms. The van der Waals surface area contributed by atoms with Crippen LogP contribution in [0.1, 0.15) is 55.7 Å². The molecule has 1 aliphatic rings. The van der Waals surface area contributed by atoms with E-state index in [-0.39, 0.29) is 23.9 Å². The van der Waals surface area contributed by atoms with Crippen LogP contribution >= 0.6 is 0 Å². The summed E-state index contributed by atoms with van der Waals surface area (Å²) in [5.41, 5.74) is 3.35. The molecule has 1 fully saturated rings. The standard InChI is InChI=1S/C17H26N6O/c1-11(2)16(23-10-18-9-19-23)17(24)22-8-6-7-14(22)15-12(3)20-21(5)13(15)4/h9-11,14,16H,6-8H2,1-5H3/t14-,16+/m0/s1. The molecule has 0 bridgehead atoms. The third-order valence-electron chi connectivity index (χ3n) is 5.04. The Labute approximate surface area is 142 Å². The van der Waals surface area contributed by atoms with Gasteiger partial charge in [0.1, 0.15) is 18.7 Å². The average Bonchev–Trinajstić information content (AvgIpc) is 3.22. The second-order valence-corrected chi connectivity index (χ2v) is 6.96. The zero-order valence-electron chi connectivity index (χ0n) is 15.1. The summed E-state index contributed by atoms with van der Waals surface area (Å²) in [5, 5.41) is 8.74. The molecule has 2 atom stereocenters. The molecule has 3 rings (SSSR count). The quantitative estimate of drug-likeness (QED) is 0.862. The van der Waals surface area contributed by atoms with Crippen LogP contribution in [0.3, 0.4) is 0 Å². The maximum absolute atomic E-state index is 13.3. The van der Waals surface area contributed by atoms with Gasteiger partial charge in [-0.25, -0.2) is 9.67 Å². The van der Waals surface area contributed by atoms with E-state index < -0.39 is 0 Å². The smallest absolute Gasteiger partial charge is 0.248 e. The predicted molar refractivity (Wildman–Crippen MR) is 90.3 cm³/mol. The van der Waals surface area contributed by atoms with Gasteiger partial charge in [0.15, 0.2) is 0 Å². The Bertz CT molecular complexity index is 718. The topological polar surface area (TPSA) is 68.8 Å². The second kappa shape index (κ2) is 6.37. The first-order valence-electron chi connectivity index (χ1n) is 8.56. The number of hydrogen-bond acceptors (Lipinski definition) is 4. The SMILES string of the molecule is Cc1nn(C)c(C)c1[C@@H]1CCCN1C(=O)[C@@H](C(C)C)n1cncn1. The summed E-state index contributed by atoms with van der Waals surface area (Å²) in [4.78, 5) is 19.3. The Morgan fingerprint density at radius 3 is 2.62 bits per heavy atom. The van der Waals surface area contributed by atoms with Crippen molar-refractivity contribution in [2.75, 3.05) is 6.54 Å². The lowest BCUT2D eigenvalue weighted by Crippen LogP contribution is -2.39. The fraction of sp³-hybridized carbons (Fsp3) is 0.647. The minimum absolute atomic E-state index is 0.107. The van der Waals surface area contributed by atoms with Gasteiger partial charge in [0.25, 0.3) is 0 Å². The lowest BCUT2D eigenvalue weighted by atomic mass is 9.99. The molecule has 2 aromatic heterocycles. The van der Waals surface area contributed by atoms with Crippen molar-refractivity contribution in [1.29, 1.82) is 0 Å². The van der Waals surface area contributed by atoms with Crippen LogP contribution in [0.25, 0.3) is 0 Å². The van der Waals surface area contributed by atoms with E-state index in [1.165, 1.54) is 11.9 Å². The molecule has 0 radical (unpaired) electrons. The molecular weight excluding hydrogens is 304 g/mol. The van der Waals surface area contributed by atoms with Crippen LogP contribution in [0.2, 0.25) is 0 Å². The molecule has 0 aliphatic carbocycles. The van der Waals surface area contributed by atoms with Gasteiger partial charge in [-0.3, -0.25) is 9.48 Å². The molecule has 1 amide bonds. The Morgan fingerprint density at radius 2 is 2.08 bits per heavy atom. The Balaban J connectivity index is 1.93. The molecule has 3 heterocycles. The first kappa shape index (κ1) is 16.7. The Kier molecular flexibility index (Phi) is 4.43. The molecule has 7 nitrogen and oxygen atoms in total. The van der Waals surface area contributed by atoms with Gasteiger partial charge >= 0.3 is 0 Å². The highest BCUT2D eigenvalue weighted by Crippen LogP contribution is 2.37. The van der Waals surface area contributed by atoms with Gasteiger partial charge in [0.05, 0.1) is 11.7 Å². The molecule has 2 aromatic rings. The first-order chi connectivity index (χ1) is 11.4. The largest absolute Gasteiger partial charge is 0.334 e. The van der Waals surface area contributed by atoms with Crippen molar-refractivity contribution in [3.63, 3.8) is 0 Å². The maximum atomic E-state index is 13.3. The highest BCUT2D eigenvalue weighted by Gasteiger charge is 2.38. The molecule has 1 saturated heterocycles. The van der Waals surface area contributed by atoms with E-state index >= 15 is 0 Å². The van der Waals surface area contributed by atoms with E-state index in [0.717, 1.165) is 30.8 Å². The number of hydrogen-bond donors (Lipinski definition) is 0. The number of aryl methyl sites for hydroxylation is 2. The monoisotopic (exact) mass is 330 g/mol. The summed E-state index contributed by atoms with van der Waals surface area (Å²) in [6, 6.07) is -0.207. The average molecular weight is 330 g/mol. The van der Waals surface area contributed by atoms with Crippen molar-refractivity contribution in [1.82, 2.24) is 29.4 Å². The van der Waals surface area contributed by atoms with E-state index in [1.54, 1.807) is 11.0 Å². The third kappa shape index (κ3) is 2.72. The van der Waals surface area contributed by atoms with Crippen molar-refractivity contribution < 1.29 is 4.79 Å². The first-order valence-corrected chi connectivity index (χ1v) is 8.56. The molecule has 7 heteroatoms. The molecular formula is C17H26N6O. The fourth-order valence-electron chi connectivity index (χ4n) is 3.84. The normalized spacial score (nSPS) is 19.2. The van der Waals surface area contributed by atoms with Crippen LogP contribution in [0.15, 0.2) is 12.7 Å². The van der Waals surface area contributed by atoms with Crippen molar-refractivity contribution in [2.24, 2.45) is 13.0 Å². The summed E-state index contributed by atoms with van der Waals surface area (Å²) < 4.78 is 3.59. The third-order valence-corrected chi connectivity index (χ3v) is 5.04. The number of amides is 1. The summed E-state index contributed by atoms with van der Waals surface area (Å²) >= 11 is 0. The number of likely N-dealkylation sites (tertiary alicyclic amines) is 1. The number of nitrogens with zero attached hydrogens (tertiary/aromatic N) is 6. The van der Waals surface area contributed by atoms with Crippen LogP contribution in [0.5, 0.6) is 0 Å². The fourth-order valence-corrected chi connectivity index (χ4v) is 3.84. The van der Waals surface area contributed by atoms with Crippen LogP contribution in [-0.4, -0.2) is 41.9 Å². The number of aromatic nitrogens is 5. The predicted octanol–water partition coefficient (Wildman–Crippen LogP) is 2.19. The van der Waals surface area contributed by atoms with Crippen molar-refractivity contribution in [3.05, 3.63) is 29.6 Å². The Hall–Kier alpha value is -2.18. The van der Waals surface area contributed by atoms with Crippen LogP contribution in [-0.2, 0) is 11.8 Å². The summed E-state index contributed by atoms with van der Waals surface area (Å²) in [6.45, 7) is 9.00. The van der Waals surface area contributed by atoms with Gasteiger partial charge in [-0.2, -0.15) is 10.2 Å². The van der Waals surface area contributed by atoms with Gasteiger partial charge in [0, 0.05) is 24.8 Å². The molecule has 0 aromatic carbocycles. The van der Waals surface area contributed by atoms with Gasteiger partial charge in [-0.1, -0.05) is 13.8 Å². The summed E-state index contributed by atoms with van der Waals surface area (Å²) in [6.07, 6.45) is 5.13. The van der Waals surface area contributed by atoms with Gasteiger partial charge < -0.3 is 4.90 Å². The Morgan fingerprint density at radius 1 is 1.33 bits per heavy atom. The molecule has 130 valence electrons. The number of rotatable bonds is 4. The number of carbonyl (C=O) groups is 1. The summed E-state index contributed by atoms with van der Waals surface area (Å²) in [5.74, 6) is 0.275. The highest BCUT2D eigenvalue weighted by molar-refractivity contribution is 5.81. The molecule has 0 spiro atoms. The van der Waals surface area contributed by atoms with Gasteiger partial charge in [0.2, 0.25) is 5.91 Å². The van der Waals surface area contributed by atoms with E-state index in [0.29, 0.717) is 0 Å². The van der Waals surface area contributed by atoms with E-state index in [4.69, 9.17) is 0 Å². The van der Waals surface area contributed by atoms with Crippen molar-refractivity contribution >= 4 is 5.91 Å². The molecule has 1 aliphatic heterocycles. The zero-order chi connectivity index (χ0) is 17.4. The molecule has 0 saturated carbocycles. The molecule has 0 unspecified atom stereocenters. The van der Waals surface area contributed by atoms with Gasteiger partial charge in [-0.05, 0) is 32.6 Å². The van der Waals surface area contributed by atoms with Crippen molar-refractivity contribution in [2.45, 2.75) is 52.6 Å². The van der Waals surface area contributed by atoms with Gasteiger partial charge in [-0.15, -0.1) is 0 Å². The second-order valence-electron chi connectivity index (χ2n) is 6.96. The minimum Gasteiger partial charge on any atom is -0.334 e. The van der Waals surface area contributed by atoms with E-state index in [1.807, 2.05) is 23.6 Å². The summed E-state index contributed by atoms with van der Waals surface area (Å²) in [7, 11) is 1.96. The minimum atomic E-state index is -0.314. The van der Waals surface area contributed by atoms with Crippen LogP contribution in [0.4, 0.5) is 0 Å². The van der Waals surface area contributed by atoms with Crippen LogP contribution in [0, 0.1) is 19.8 Å². The lowest BCUT2D eigenvalue weighted by molar-refractivity contribution is -0.137. The highest BCUT2D eigenvalue weighted by atomic mass is 16.2. The number of carbonyl (C=O) groups excluding carboxylic acids is 1. The zero-order valence-corrected chi connectivity index (χ0v) is 15.1. The van der Waals surface area contributed by atoms with E-state index in [9.17, 15) is 4.79 Å². The van der Waals surface area contributed by atoms with E-state index in [2.05, 4.69) is 36.0 Å². The van der Waals surface area contributed by atoms with Crippen molar-refractivity contribution in [3.8, 4) is 0 Å². The maximum Gasteiger partial charge on any atom is 0.248 e. The van der Waals surface area contributed by atoms with Crippen LogP contribution < -0.4 is 0 Å². The lowest BCUT2D eigenvalue weighted by Gasteiger charge is -2.31. The molecule has 0 N–H and O–H groups in total.